The first-order chi connectivity index (χ1) is 18.2. The number of aromatic nitrogens is 2. The number of nitrogens with one attached hydrogen (secondary N) is 3. The molecule has 0 atom stereocenters. The van der Waals surface area contributed by atoms with E-state index in [0.29, 0.717) is 31.0 Å². The summed E-state index contributed by atoms with van der Waals surface area (Å²) in [5.41, 5.74) is 0.0789. The Kier molecular flexibility index (Phi) is 8.64. The monoisotopic (exact) mass is 549 g/mol. The van der Waals surface area contributed by atoms with Crippen molar-refractivity contribution in [3.63, 3.8) is 0 Å². The van der Waals surface area contributed by atoms with E-state index >= 15 is 0 Å². The maximum Gasteiger partial charge on any atom is 0.422 e. The molecule has 4 rings (SSSR count). The lowest BCUT2D eigenvalue weighted by Crippen LogP contribution is -2.34. The molecule has 13 heteroatoms. The van der Waals surface area contributed by atoms with Gasteiger partial charge >= 0.3 is 6.18 Å². The fourth-order valence-corrected chi connectivity index (χ4v) is 3.75. The number of rotatable bonds is 8. The number of hydrogen-bond acceptors (Lipinski definition) is 7. The van der Waals surface area contributed by atoms with Gasteiger partial charge in [0.25, 0.3) is 11.8 Å². The highest BCUT2D eigenvalue weighted by atomic mass is 35.5. The summed E-state index contributed by atoms with van der Waals surface area (Å²) in [4.78, 5) is 34.2. The topological polar surface area (TPSA) is 114 Å². The van der Waals surface area contributed by atoms with Crippen LogP contribution in [0.5, 0.6) is 11.5 Å². The Hall–Kier alpha value is -3.90. The van der Waals surface area contributed by atoms with Crippen LogP contribution in [-0.4, -0.2) is 53.8 Å². The molecule has 0 aliphatic carbocycles. The first-order valence-corrected chi connectivity index (χ1v) is 12.0. The van der Waals surface area contributed by atoms with Gasteiger partial charge in [0, 0.05) is 18.5 Å². The number of ether oxygens (including phenoxy) is 2. The van der Waals surface area contributed by atoms with Gasteiger partial charge in [-0.1, -0.05) is 11.6 Å². The number of halogens is 4. The molecule has 1 fully saturated rings. The molecular formula is C25H23ClF3N5O4. The zero-order valence-electron chi connectivity index (χ0n) is 19.8. The normalized spacial score (nSPS) is 14.0. The minimum absolute atomic E-state index is 0.0532. The summed E-state index contributed by atoms with van der Waals surface area (Å²) in [5.74, 6) is -1.08. The van der Waals surface area contributed by atoms with E-state index in [1.165, 1.54) is 48.8 Å². The number of nitrogens with zero attached hydrogens (tertiary/aromatic N) is 2. The van der Waals surface area contributed by atoms with Gasteiger partial charge in [-0.15, -0.1) is 0 Å². The van der Waals surface area contributed by atoms with Gasteiger partial charge in [-0.2, -0.15) is 13.2 Å². The Morgan fingerprint density at radius 1 is 1.05 bits per heavy atom. The van der Waals surface area contributed by atoms with Crippen LogP contribution in [0, 0.1) is 0 Å². The smallest absolute Gasteiger partial charge is 0.422 e. The van der Waals surface area contributed by atoms with Crippen LogP contribution in [0.1, 0.15) is 33.7 Å². The van der Waals surface area contributed by atoms with Crippen LogP contribution >= 0.6 is 11.6 Å². The predicted molar refractivity (Wildman–Crippen MR) is 134 cm³/mol. The fourth-order valence-electron chi connectivity index (χ4n) is 3.64. The van der Waals surface area contributed by atoms with Crippen molar-refractivity contribution in [2.75, 3.05) is 30.3 Å². The van der Waals surface area contributed by atoms with E-state index in [9.17, 15) is 22.8 Å². The number of alkyl halides is 3. The van der Waals surface area contributed by atoms with E-state index < -0.39 is 24.6 Å². The maximum absolute atomic E-state index is 13.3. The van der Waals surface area contributed by atoms with E-state index in [0.717, 1.165) is 0 Å². The number of benzene rings is 1. The highest BCUT2D eigenvalue weighted by molar-refractivity contribution is 6.30. The second kappa shape index (κ2) is 12.1. The Bertz CT molecular complexity index is 1280. The fraction of sp³-hybridized carbons (Fsp3) is 0.280. The molecule has 3 N–H and O–H groups in total. The molecule has 1 aromatic carbocycles. The molecule has 3 heterocycles. The van der Waals surface area contributed by atoms with Gasteiger partial charge in [0.2, 0.25) is 0 Å². The van der Waals surface area contributed by atoms with E-state index in [4.69, 9.17) is 21.1 Å². The SMILES string of the molecule is O=C(Nc1cccnc1C(=O)Nc1ccc(Cl)cn1)c1ccc(OCC(F)(F)F)cc1OC1CCNCC1. The van der Waals surface area contributed by atoms with Gasteiger partial charge in [-0.05, 0) is 62.3 Å². The van der Waals surface area contributed by atoms with Crippen LogP contribution < -0.4 is 25.4 Å². The number of anilines is 2. The largest absolute Gasteiger partial charge is 0.489 e. The lowest BCUT2D eigenvalue weighted by Gasteiger charge is -2.25. The summed E-state index contributed by atoms with van der Waals surface area (Å²) in [7, 11) is 0. The molecule has 2 aromatic heterocycles. The first-order valence-electron chi connectivity index (χ1n) is 11.6. The number of carbonyl (C=O) groups is 2. The molecule has 0 spiro atoms. The third-order valence-corrected chi connectivity index (χ3v) is 5.64. The third kappa shape index (κ3) is 7.56. The second-order valence-corrected chi connectivity index (χ2v) is 8.73. The highest BCUT2D eigenvalue weighted by Gasteiger charge is 2.29. The third-order valence-electron chi connectivity index (χ3n) is 5.42. The number of piperidine rings is 1. The standard InChI is InChI=1S/C25H23ClF3N5O4/c26-15-3-6-21(32-13-15)34-24(36)22-19(2-1-9-31-22)33-23(35)18-5-4-17(37-14-25(27,28)29)12-20(18)38-16-7-10-30-11-8-16/h1-6,9,12-13,16,30H,7-8,10-11,14H2,(H,33,35)(H,32,34,36). The molecular weight excluding hydrogens is 527 g/mol. The van der Waals surface area contributed by atoms with E-state index in [1.807, 2.05) is 0 Å². The van der Waals surface area contributed by atoms with Crippen LogP contribution in [-0.2, 0) is 0 Å². The molecule has 0 unspecified atom stereocenters. The van der Waals surface area contributed by atoms with Gasteiger partial charge in [-0.3, -0.25) is 9.59 Å². The molecule has 200 valence electrons. The summed E-state index contributed by atoms with van der Waals surface area (Å²) in [6, 6.07) is 9.90. The minimum Gasteiger partial charge on any atom is -0.489 e. The van der Waals surface area contributed by atoms with Crippen LogP contribution in [0.3, 0.4) is 0 Å². The number of carbonyl (C=O) groups excluding carboxylic acids is 2. The molecule has 3 aromatic rings. The number of pyridine rings is 2. The van der Waals surface area contributed by atoms with Crippen LogP contribution in [0.15, 0.2) is 54.9 Å². The average Bonchev–Trinajstić information content (AvgIpc) is 2.89. The zero-order chi connectivity index (χ0) is 27.1. The Balaban J connectivity index is 1.55. The highest BCUT2D eigenvalue weighted by Crippen LogP contribution is 2.30. The van der Waals surface area contributed by atoms with Crippen molar-refractivity contribution in [3.05, 3.63) is 71.1 Å². The predicted octanol–water partition coefficient (Wildman–Crippen LogP) is 4.71. The Labute approximate surface area is 220 Å². The summed E-state index contributed by atoms with van der Waals surface area (Å²) >= 11 is 5.82. The van der Waals surface area contributed by atoms with E-state index in [-0.39, 0.29) is 40.4 Å². The zero-order valence-corrected chi connectivity index (χ0v) is 20.6. The molecule has 38 heavy (non-hydrogen) atoms. The first kappa shape index (κ1) is 27.1. The van der Waals surface area contributed by atoms with Gasteiger partial charge in [0.05, 0.1) is 16.3 Å². The quantitative estimate of drug-likeness (QED) is 0.373. The van der Waals surface area contributed by atoms with Gasteiger partial charge in [-0.25, -0.2) is 9.97 Å². The van der Waals surface area contributed by atoms with Crippen molar-refractivity contribution >= 4 is 34.9 Å². The molecule has 0 radical (unpaired) electrons. The van der Waals surface area contributed by atoms with Gasteiger partial charge < -0.3 is 25.4 Å². The van der Waals surface area contributed by atoms with Crippen LogP contribution in [0.4, 0.5) is 24.7 Å². The minimum atomic E-state index is -4.52. The number of hydrogen-bond donors (Lipinski definition) is 3. The maximum atomic E-state index is 13.3. The van der Waals surface area contributed by atoms with Crippen molar-refractivity contribution < 1.29 is 32.2 Å². The van der Waals surface area contributed by atoms with Crippen molar-refractivity contribution in [2.24, 2.45) is 0 Å². The average molecular weight is 550 g/mol. The van der Waals surface area contributed by atoms with Crippen molar-refractivity contribution in [2.45, 2.75) is 25.1 Å². The summed E-state index contributed by atoms with van der Waals surface area (Å²) in [5, 5.41) is 8.80. The van der Waals surface area contributed by atoms with Crippen LogP contribution in [0.25, 0.3) is 0 Å². The summed E-state index contributed by atoms with van der Waals surface area (Å²) in [6.07, 6.45) is -0.707. The van der Waals surface area contributed by atoms with Crippen molar-refractivity contribution in [3.8, 4) is 11.5 Å². The lowest BCUT2D eigenvalue weighted by molar-refractivity contribution is -0.153. The second-order valence-electron chi connectivity index (χ2n) is 8.30. The molecule has 9 nitrogen and oxygen atoms in total. The van der Waals surface area contributed by atoms with Crippen LogP contribution in [0.2, 0.25) is 5.02 Å². The van der Waals surface area contributed by atoms with E-state index in [2.05, 4.69) is 25.9 Å². The Morgan fingerprint density at radius 3 is 2.55 bits per heavy atom. The molecule has 0 bridgehead atoms. The van der Waals surface area contributed by atoms with E-state index in [1.54, 1.807) is 6.07 Å². The van der Waals surface area contributed by atoms with Crippen molar-refractivity contribution in [1.29, 1.82) is 0 Å². The van der Waals surface area contributed by atoms with Crippen molar-refractivity contribution in [1.82, 2.24) is 15.3 Å². The summed E-state index contributed by atoms with van der Waals surface area (Å²) in [6.45, 7) is -0.0812. The van der Waals surface area contributed by atoms with Gasteiger partial charge in [0.15, 0.2) is 12.3 Å². The lowest BCUT2D eigenvalue weighted by atomic mass is 10.1. The molecule has 1 aliphatic heterocycles. The van der Waals surface area contributed by atoms with Gasteiger partial charge in [0.1, 0.15) is 23.4 Å². The molecule has 0 saturated carbocycles. The number of amides is 2. The summed E-state index contributed by atoms with van der Waals surface area (Å²) < 4.78 is 48.8. The Morgan fingerprint density at radius 2 is 1.84 bits per heavy atom. The molecule has 1 saturated heterocycles. The molecule has 2 amide bonds. The molecule has 1 aliphatic rings.